The maximum absolute atomic E-state index is 5.35. The molecule has 2 aromatic rings. The van der Waals surface area contributed by atoms with Crippen molar-refractivity contribution < 1.29 is 4.74 Å². The summed E-state index contributed by atoms with van der Waals surface area (Å²) >= 11 is 0. The van der Waals surface area contributed by atoms with Crippen molar-refractivity contribution in [3.63, 3.8) is 0 Å². The molecule has 6 heteroatoms. The largest absolute Gasteiger partial charge is 0.497 e. The minimum absolute atomic E-state index is 0.681. The van der Waals surface area contributed by atoms with Crippen molar-refractivity contribution in [2.45, 2.75) is 0 Å². The van der Waals surface area contributed by atoms with Gasteiger partial charge in [-0.2, -0.15) is 0 Å². The first-order valence-corrected chi connectivity index (χ1v) is 7.42. The van der Waals surface area contributed by atoms with E-state index in [4.69, 9.17) is 4.74 Å². The van der Waals surface area contributed by atoms with Crippen LogP contribution in [-0.2, 0) is 0 Å². The first-order chi connectivity index (χ1) is 10.8. The number of methoxy groups -OCH3 is 1. The maximum atomic E-state index is 5.35. The number of anilines is 2. The quantitative estimate of drug-likeness (QED) is 0.857. The Labute approximate surface area is 130 Å². The van der Waals surface area contributed by atoms with Crippen LogP contribution in [0.1, 0.15) is 0 Å². The fourth-order valence-electron chi connectivity index (χ4n) is 2.54. The van der Waals surface area contributed by atoms with Gasteiger partial charge in [0.05, 0.1) is 12.8 Å². The molecule has 22 heavy (non-hydrogen) atoms. The lowest BCUT2D eigenvalue weighted by Gasteiger charge is -2.39. The van der Waals surface area contributed by atoms with Gasteiger partial charge in [-0.1, -0.05) is 6.07 Å². The fourth-order valence-corrected chi connectivity index (χ4v) is 2.54. The van der Waals surface area contributed by atoms with Crippen molar-refractivity contribution in [3.8, 4) is 5.75 Å². The second-order valence-corrected chi connectivity index (χ2v) is 5.32. The number of rotatable bonds is 4. The molecule has 1 saturated heterocycles. The summed E-state index contributed by atoms with van der Waals surface area (Å²) in [7, 11) is 3.82. The highest BCUT2D eigenvalue weighted by molar-refractivity contribution is 5.58. The Bertz CT molecular complexity index is 598. The number of hydrogen-bond acceptors (Lipinski definition) is 6. The van der Waals surface area contributed by atoms with Crippen molar-refractivity contribution in [1.29, 1.82) is 0 Å². The predicted octanol–water partition coefficient (Wildman–Crippen LogP) is 1.79. The van der Waals surface area contributed by atoms with Crippen LogP contribution < -0.4 is 9.75 Å². The summed E-state index contributed by atoms with van der Waals surface area (Å²) < 4.78 is 5.35. The molecule has 0 radical (unpaired) electrons. The highest BCUT2D eigenvalue weighted by Gasteiger charge is 2.24. The minimum Gasteiger partial charge on any atom is -0.497 e. The van der Waals surface area contributed by atoms with Crippen LogP contribution in [0.5, 0.6) is 5.75 Å². The summed E-state index contributed by atoms with van der Waals surface area (Å²) in [5.41, 5.74) is 1.01. The summed E-state index contributed by atoms with van der Waals surface area (Å²) in [5.74, 6) is 1.51. The van der Waals surface area contributed by atoms with E-state index in [9.17, 15) is 0 Å². The molecule has 3 rings (SSSR count). The predicted molar refractivity (Wildman–Crippen MR) is 86.2 cm³/mol. The highest BCUT2D eigenvalue weighted by Crippen LogP contribution is 2.28. The zero-order chi connectivity index (χ0) is 15.4. The second kappa shape index (κ2) is 6.72. The summed E-state index contributed by atoms with van der Waals surface area (Å²) in [6.45, 7) is 3.92. The van der Waals surface area contributed by atoms with E-state index >= 15 is 0 Å². The zero-order valence-corrected chi connectivity index (χ0v) is 13.0. The number of hydrazine groups is 1. The third-order valence-corrected chi connectivity index (χ3v) is 3.80. The molecule has 0 atom stereocenters. The standard InChI is InChI=1S/C16H21N5O/c1-19-9-11-20(12-10-19)21(16-17-7-4-8-18-16)14-5-3-6-15(13-14)22-2/h3-8,13H,9-12H2,1-2H3. The lowest BCUT2D eigenvalue weighted by molar-refractivity contribution is 0.153. The Morgan fingerprint density at radius 2 is 1.77 bits per heavy atom. The molecule has 1 aromatic carbocycles. The molecule has 0 unspecified atom stereocenters. The van der Waals surface area contributed by atoms with Crippen LogP contribution in [0.2, 0.25) is 0 Å². The van der Waals surface area contributed by atoms with Crippen LogP contribution in [-0.4, -0.2) is 60.2 Å². The molecular formula is C16H21N5O. The first-order valence-electron chi connectivity index (χ1n) is 7.42. The molecule has 0 saturated carbocycles. The third-order valence-electron chi connectivity index (χ3n) is 3.80. The van der Waals surface area contributed by atoms with E-state index in [1.165, 1.54) is 0 Å². The SMILES string of the molecule is COc1cccc(N(c2ncccn2)N2CCN(C)CC2)c1. The molecule has 1 aliphatic heterocycles. The van der Waals surface area contributed by atoms with Crippen molar-refractivity contribution in [2.75, 3.05) is 45.3 Å². The molecule has 6 nitrogen and oxygen atoms in total. The van der Waals surface area contributed by atoms with Gasteiger partial charge in [0.15, 0.2) is 0 Å². The summed E-state index contributed by atoms with van der Waals surface area (Å²) in [4.78, 5) is 11.2. The number of ether oxygens (including phenoxy) is 1. The van der Waals surface area contributed by atoms with Crippen molar-refractivity contribution in [3.05, 3.63) is 42.7 Å². The Kier molecular flexibility index (Phi) is 4.50. The van der Waals surface area contributed by atoms with Gasteiger partial charge in [0.25, 0.3) is 0 Å². The van der Waals surface area contributed by atoms with Gasteiger partial charge in [0.2, 0.25) is 5.95 Å². The van der Waals surface area contributed by atoms with E-state index in [0.717, 1.165) is 37.6 Å². The molecule has 0 bridgehead atoms. The number of likely N-dealkylation sites (N-methyl/N-ethyl adjacent to an activating group) is 1. The molecule has 1 aliphatic rings. The Hall–Kier alpha value is -2.18. The van der Waals surface area contributed by atoms with Gasteiger partial charge in [-0.25, -0.2) is 20.0 Å². The molecule has 0 spiro atoms. The van der Waals surface area contributed by atoms with Crippen LogP contribution in [0.15, 0.2) is 42.7 Å². The molecule has 1 fully saturated rings. The van der Waals surface area contributed by atoms with Crippen molar-refractivity contribution in [1.82, 2.24) is 19.9 Å². The van der Waals surface area contributed by atoms with Gasteiger partial charge < -0.3 is 9.64 Å². The van der Waals surface area contributed by atoms with Crippen LogP contribution in [0.4, 0.5) is 11.6 Å². The Morgan fingerprint density at radius 3 is 2.45 bits per heavy atom. The van der Waals surface area contributed by atoms with Gasteiger partial charge >= 0.3 is 0 Å². The molecular weight excluding hydrogens is 278 g/mol. The monoisotopic (exact) mass is 299 g/mol. The Morgan fingerprint density at radius 1 is 1.05 bits per heavy atom. The Balaban J connectivity index is 1.95. The summed E-state index contributed by atoms with van der Waals surface area (Å²) in [6, 6.07) is 9.82. The number of piperazine rings is 1. The second-order valence-electron chi connectivity index (χ2n) is 5.32. The fraction of sp³-hybridized carbons (Fsp3) is 0.375. The van der Waals surface area contributed by atoms with Crippen molar-refractivity contribution in [2.24, 2.45) is 0 Å². The highest BCUT2D eigenvalue weighted by atomic mass is 16.5. The maximum Gasteiger partial charge on any atom is 0.244 e. The molecule has 116 valence electrons. The molecule has 0 N–H and O–H groups in total. The topological polar surface area (TPSA) is 44.7 Å². The van der Waals surface area contributed by atoms with Gasteiger partial charge in [-0.15, -0.1) is 0 Å². The van der Waals surface area contributed by atoms with E-state index in [1.54, 1.807) is 19.5 Å². The number of aromatic nitrogens is 2. The third kappa shape index (κ3) is 3.18. The van der Waals surface area contributed by atoms with Crippen LogP contribution in [0.25, 0.3) is 0 Å². The van der Waals surface area contributed by atoms with E-state index in [2.05, 4.69) is 38.0 Å². The average Bonchev–Trinajstić information content (AvgIpc) is 2.58. The lowest BCUT2D eigenvalue weighted by Crippen LogP contribution is -2.51. The van der Waals surface area contributed by atoms with Crippen LogP contribution in [0.3, 0.4) is 0 Å². The smallest absolute Gasteiger partial charge is 0.244 e. The van der Waals surface area contributed by atoms with Gasteiger partial charge in [0, 0.05) is 44.6 Å². The van der Waals surface area contributed by atoms with E-state index in [-0.39, 0.29) is 0 Å². The zero-order valence-electron chi connectivity index (χ0n) is 13.0. The number of nitrogens with zero attached hydrogens (tertiary/aromatic N) is 5. The van der Waals surface area contributed by atoms with Crippen LogP contribution in [0, 0.1) is 0 Å². The average molecular weight is 299 g/mol. The first kappa shape index (κ1) is 14.7. The lowest BCUT2D eigenvalue weighted by atomic mass is 10.3. The normalized spacial score (nSPS) is 16.5. The van der Waals surface area contributed by atoms with Crippen LogP contribution >= 0.6 is 0 Å². The van der Waals surface area contributed by atoms with Gasteiger partial charge in [0.1, 0.15) is 5.75 Å². The van der Waals surface area contributed by atoms with E-state index in [1.807, 2.05) is 24.3 Å². The van der Waals surface area contributed by atoms with E-state index in [0.29, 0.717) is 5.95 Å². The molecule has 2 heterocycles. The van der Waals surface area contributed by atoms with Gasteiger partial charge in [-0.3, -0.25) is 0 Å². The molecule has 1 aromatic heterocycles. The minimum atomic E-state index is 0.681. The molecule has 0 amide bonds. The van der Waals surface area contributed by atoms with Crippen molar-refractivity contribution >= 4 is 11.6 Å². The molecule has 0 aliphatic carbocycles. The van der Waals surface area contributed by atoms with Gasteiger partial charge in [-0.05, 0) is 25.2 Å². The summed E-state index contributed by atoms with van der Waals surface area (Å²) in [5, 5.41) is 4.36. The summed E-state index contributed by atoms with van der Waals surface area (Å²) in [6.07, 6.45) is 3.54. The number of benzene rings is 1. The number of hydrogen-bond donors (Lipinski definition) is 0. The van der Waals surface area contributed by atoms with E-state index < -0.39 is 0 Å².